The zero-order valence-corrected chi connectivity index (χ0v) is 10.5. The molecule has 2 N–H and O–H groups in total. The van der Waals surface area contributed by atoms with Crippen molar-refractivity contribution in [2.45, 2.75) is 0 Å². The summed E-state index contributed by atoms with van der Waals surface area (Å²) in [5.74, 6) is -0.951. The van der Waals surface area contributed by atoms with E-state index in [1.807, 2.05) is 0 Å². The minimum absolute atomic E-state index is 0. The number of phenolic OH excluding ortho intramolecular Hbond substituents is 1. The molecule has 0 amide bonds. The van der Waals surface area contributed by atoms with Gasteiger partial charge in [0, 0.05) is 47.2 Å². The van der Waals surface area contributed by atoms with Crippen molar-refractivity contribution in [3.05, 3.63) is 35.9 Å². The van der Waals surface area contributed by atoms with Gasteiger partial charge in [0.25, 0.3) is 0 Å². The number of benzene rings is 1. The molecule has 0 spiro atoms. The standard InChI is InChI=1S/C9H8O3.La/c10-8-4-2-1-3-7(8)5-6-9(11)12;/h1-6,10H,(H,11,12);. The van der Waals surface area contributed by atoms with Crippen LogP contribution < -0.4 is 0 Å². The van der Waals surface area contributed by atoms with Gasteiger partial charge < -0.3 is 10.2 Å². The SMILES string of the molecule is O=C(O)C=Cc1ccccc1O.[La]. The van der Waals surface area contributed by atoms with E-state index in [0.717, 1.165) is 6.08 Å². The Bertz CT molecular complexity index is 320. The van der Waals surface area contributed by atoms with Crippen LogP contribution in [0.15, 0.2) is 30.3 Å². The summed E-state index contributed by atoms with van der Waals surface area (Å²) in [7, 11) is 0. The van der Waals surface area contributed by atoms with Crippen molar-refractivity contribution < 1.29 is 50.6 Å². The first-order valence-electron chi connectivity index (χ1n) is 3.39. The molecule has 0 aliphatic carbocycles. The van der Waals surface area contributed by atoms with Gasteiger partial charge in [-0.15, -0.1) is 0 Å². The van der Waals surface area contributed by atoms with E-state index in [1.165, 1.54) is 12.1 Å². The summed E-state index contributed by atoms with van der Waals surface area (Å²) in [4.78, 5) is 10.1. The van der Waals surface area contributed by atoms with E-state index in [-0.39, 0.29) is 41.3 Å². The zero-order chi connectivity index (χ0) is 8.97. The summed E-state index contributed by atoms with van der Waals surface area (Å²) >= 11 is 0. The van der Waals surface area contributed by atoms with Gasteiger partial charge in [-0.2, -0.15) is 0 Å². The van der Waals surface area contributed by atoms with Gasteiger partial charge in [-0.05, 0) is 12.1 Å². The van der Waals surface area contributed by atoms with E-state index < -0.39 is 5.97 Å². The molecule has 0 aliphatic heterocycles. The molecule has 0 bridgehead atoms. The summed E-state index contributed by atoms with van der Waals surface area (Å²) in [6, 6.07) is 6.53. The van der Waals surface area contributed by atoms with Crippen LogP contribution >= 0.6 is 0 Å². The maximum Gasteiger partial charge on any atom is 0.328 e. The van der Waals surface area contributed by atoms with Crippen molar-refractivity contribution in [3.8, 4) is 5.75 Å². The fraction of sp³-hybridized carbons (Fsp3) is 0. The van der Waals surface area contributed by atoms with Gasteiger partial charge in [0.2, 0.25) is 0 Å². The number of aliphatic carboxylic acids is 1. The Morgan fingerprint density at radius 2 is 1.92 bits per heavy atom. The largest absolute Gasteiger partial charge is 0.507 e. The normalized spacial score (nSPS) is 9.54. The average Bonchev–Trinajstić information content (AvgIpc) is 2.03. The summed E-state index contributed by atoms with van der Waals surface area (Å²) in [5, 5.41) is 17.5. The molecule has 1 aromatic rings. The van der Waals surface area contributed by atoms with Crippen LogP contribution in [0.3, 0.4) is 0 Å². The summed E-state index contributed by atoms with van der Waals surface area (Å²) in [5.41, 5.74) is 0.500. The molecule has 4 heteroatoms. The molecule has 1 rings (SSSR count). The van der Waals surface area contributed by atoms with Crippen LogP contribution in [-0.4, -0.2) is 16.2 Å². The Balaban J connectivity index is 0.00000144. The van der Waals surface area contributed by atoms with Crippen LogP contribution in [0.1, 0.15) is 5.56 Å². The van der Waals surface area contributed by atoms with Crippen LogP contribution in [0.5, 0.6) is 5.75 Å². The molecule has 1 aromatic carbocycles. The minimum Gasteiger partial charge on any atom is -0.507 e. The Morgan fingerprint density at radius 3 is 2.46 bits per heavy atom. The molecule has 0 fully saturated rings. The Hall–Kier alpha value is -0.575. The Morgan fingerprint density at radius 1 is 1.31 bits per heavy atom. The third kappa shape index (κ3) is 4.27. The predicted molar refractivity (Wildman–Crippen MR) is 44.8 cm³/mol. The van der Waals surface area contributed by atoms with E-state index in [4.69, 9.17) is 5.11 Å². The third-order valence-corrected chi connectivity index (χ3v) is 1.34. The molecule has 3 nitrogen and oxygen atoms in total. The molecule has 0 atom stereocenters. The maximum atomic E-state index is 10.1. The summed E-state index contributed by atoms with van der Waals surface area (Å²) in [6.07, 6.45) is 2.33. The van der Waals surface area contributed by atoms with Crippen molar-refractivity contribution in [1.29, 1.82) is 0 Å². The molecule has 1 radical (unpaired) electrons. The van der Waals surface area contributed by atoms with Gasteiger partial charge in [0.05, 0.1) is 0 Å². The second-order valence-corrected chi connectivity index (χ2v) is 2.23. The quantitative estimate of drug-likeness (QED) is 0.814. The number of carboxylic acids is 1. The monoisotopic (exact) mass is 303 g/mol. The van der Waals surface area contributed by atoms with E-state index >= 15 is 0 Å². The summed E-state index contributed by atoms with van der Waals surface area (Å²) < 4.78 is 0. The topological polar surface area (TPSA) is 57.5 Å². The first-order chi connectivity index (χ1) is 5.70. The molecule has 0 aliphatic rings. The fourth-order valence-electron chi connectivity index (χ4n) is 0.790. The number of para-hydroxylation sites is 1. The molecular formula is C9H8LaO3. The van der Waals surface area contributed by atoms with Crippen LogP contribution in [0.2, 0.25) is 0 Å². The smallest absolute Gasteiger partial charge is 0.328 e. The van der Waals surface area contributed by atoms with Gasteiger partial charge in [-0.1, -0.05) is 18.2 Å². The molecular weight excluding hydrogens is 295 g/mol. The molecule has 0 aromatic heterocycles. The average molecular weight is 303 g/mol. The van der Waals surface area contributed by atoms with Crippen molar-refractivity contribution in [1.82, 2.24) is 0 Å². The molecule has 0 unspecified atom stereocenters. The van der Waals surface area contributed by atoms with E-state index in [1.54, 1.807) is 18.2 Å². The van der Waals surface area contributed by atoms with Crippen LogP contribution in [-0.2, 0) is 4.79 Å². The zero-order valence-electron chi connectivity index (χ0n) is 6.84. The number of rotatable bonds is 2. The number of carbonyl (C=O) groups is 1. The van der Waals surface area contributed by atoms with Gasteiger partial charge in [0.1, 0.15) is 5.75 Å². The van der Waals surface area contributed by atoms with Crippen molar-refractivity contribution in [2.75, 3.05) is 0 Å². The van der Waals surface area contributed by atoms with Gasteiger partial charge in [-0.25, -0.2) is 4.79 Å². The van der Waals surface area contributed by atoms with Gasteiger partial charge in [0.15, 0.2) is 0 Å². The summed E-state index contributed by atoms with van der Waals surface area (Å²) in [6.45, 7) is 0. The number of phenols is 1. The second-order valence-electron chi connectivity index (χ2n) is 2.23. The number of carboxylic acid groups (broad SMARTS) is 1. The van der Waals surface area contributed by atoms with Crippen molar-refractivity contribution in [3.63, 3.8) is 0 Å². The van der Waals surface area contributed by atoms with Crippen LogP contribution in [0.25, 0.3) is 6.08 Å². The van der Waals surface area contributed by atoms with Crippen molar-refractivity contribution in [2.24, 2.45) is 0 Å². The second kappa shape index (κ2) is 5.97. The Kier molecular flexibility index (Phi) is 5.70. The fourth-order valence-corrected chi connectivity index (χ4v) is 0.790. The predicted octanol–water partition coefficient (Wildman–Crippen LogP) is 1.49. The molecule has 0 saturated heterocycles. The minimum atomic E-state index is -1.03. The number of aromatic hydroxyl groups is 1. The third-order valence-electron chi connectivity index (χ3n) is 1.34. The van der Waals surface area contributed by atoms with E-state index in [9.17, 15) is 9.90 Å². The van der Waals surface area contributed by atoms with E-state index in [2.05, 4.69) is 0 Å². The maximum absolute atomic E-state index is 10.1. The van der Waals surface area contributed by atoms with Gasteiger partial charge >= 0.3 is 5.97 Å². The van der Waals surface area contributed by atoms with Crippen LogP contribution in [0.4, 0.5) is 0 Å². The van der Waals surface area contributed by atoms with Crippen molar-refractivity contribution >= 4 is 12.0 Å². The molecule has 13 heavy (non-hydrogen) atoms. The Labute approximate surface area is 104 Å². The van der Waals surface area contributed by atoms with Gasteiger partial charge in [-0.3, -0.25) is 0 Å². The first kappa shape index (κ1) is 12.4. The van der Waals surface area contributed by atoms with Crippen LogP contribution in [0, 0.1) is 35.6 Å². The van der Waals surface area contributed by atoms with E-state index in [0.29, 0.717) is 5.56 Å². The number of hydrogen-bond acceptors (Lipinski definition) is 2. The molecule has 0 saturated carbocycles. The number of hydrogen-bond donors (Lipinski definition) is 2. The molecule has 65 valence electrons. The first-order valence-corrected chi connectivity index (χ1v) is 3.39. The molecule has 0 heterocycles.